The van der Waals surface area contributed by atoms with Crippen molar-refractivity contribution in [1.82, 2.24) is 4.90 Å². The molecule has 0 bridgehead atoms. The number of para-hydroxylation sites is 1. The van der Waals surface area contributed by atoms with Crippen LogP contribution in [-0.4, -0.2) is 29.4 Å². The number of aliphatic imine (C=N–C) groups is 1. The summed E-state index contributed by atoms with van der Waals surface area (Å²) in [6.07, 6.45) is 3.40. The molecular formula is C24H20N2O5S. The Bertz CT molecular complexity index is 1190. The minimum absolute atomic E-state index is 0.152. The monoisotopic (exact) mass is 448 g/mol. The molecule has 0 spiro atoms. The van der Waals surface area contributed by atoms with E-state index in [0.717, 1.165) is 11.3 Å². The lowest BCUT2D eigenvalue weighted by Gasteiger charge is -2.13. The number of amides is 1. The number of rotatable bonds is 6. The van der Waals surface area contributed by atoms with Crippen LogP contribution in [0.4, 0.5) is 5.69 Å². The Morgan fingerprint density at radius 1 is 1.12 bits per heavy atom. The maximum absolute atomic E-state index is 13.4. The number of hydrogen-bond donors (Lipinski definition) is 0. The van der Waals surface area contributed by atoms with Crippen LogP contribution in [0.25, 0.3) is 6.08 Å². The highest BCUT2D eigenvalue weighted by molar-refractivity contribution is 8.18. The lowest BCUT2D eigenvalue weighted by molar-refractivity contribution is -0.122. The number of thioether (sulfide) groups is 1. The Morgan fingerprint density at radius 2 is 1.94 bits per heavy atom. The Kier molecular flexibility index (Phi) is 5.60. The first-order valence-electron chi connectivity index (χ1n) is 10.1. The first kappa shape index (κ1) is 20.3. The second-order valence-corrected chi connectivity index (χ2v) is 8.00. The van der Waals surface area contributed by atoms with Crippen LogP contribution in [-0.2, 0) is 11.3 Å². The third-order valence-electron chi connectivity index (χ3n) is 4.85. The van der Waals surface area contributed by atoms with Crippen LogP contribution in [0.5, 0.6) is 17.2 Å². The van der Waals surface area contributed by atoms with Gasteiger partial charge in [0.15, 0.2) is 16.7 Å². The predicted molar refractivity (Wildman–Crippen MR) is 122 cm³/mol. The number of carbonyl (C=O) groups is 1. The van der Waals surface area contributed by atoms with Crippen LogP contribution >= 0.6 is 11.8 Å². The van der Waals surface area contributed by atoms with E-state index in [2.05, 4.69) is 0 Å². The van der Waals surface area contributed by atoms with E-state index in [-0.39, 0.29) is 12.7 Å². The second-order valence-electron chi connectivity index (χ2n) is 6.99. The lowest BCUT2D eigenvalue weighted by atomic mass is 10.1. The molecule has 1 amide bonds. The molecule has 2 aliphatic rings. The van der Waals surface area contributed by atoms with Gasteiger partial charge in [0.25, 0.3) is 5.91 Å². The fourth-order valence-electron chi connectivity index (χ4n) is 3.38. The first-order valence-corrected chi connectivity index (χ1v) is 11.0. The zero-order chi connectivity index (χ0) is 21.9. The van der Waals surface area contributed by atoms with Gasteiger partial charge in [-0.25, -0.2) is 4.99 Å². The topological polar surface area (TPSA) is 73.5 Å². The summed E-state index contributed by atoms with van der Waals surface area (Å²) in [4.78, 5) is 20.2. The SMILES string of the molecule is CCOc1cc2c(cc1/C=C1/SC(=Nc3ccccc3)N(Cc3ccco3)C1=O)OCO2. The molecule has 8 heteroatoms. The van der Waals surface area contributed by atoms with Gasteiger partial charge >= 0.3 is 0 Å². The van der Waals surface area contributed by atoms with Crippen LogP contribution in [0.15, 0.2) is 75.2 Å². The van der Waals surface area contributed by atoms with Crippen molar-refractivity contribution < 1.29 is 23.4 Å². The maximum Gasteiger partial charge on any atom is 0.267 e. The summed E-state index contributed by atoms with van der Waals surface area (Å²) >= 11 is 1.32. The largest absolute Gasteiger partial charge is 0.493 e. The molecule has 0 radical (unpaired) electrons. The van der Waals surface area contributed by atoms with Gasteiger partial charge in [0.2, 0.25) is 6.79 Å². The molecule has 5 rings (SSSR count). The minimum atomic E-state index is -0.152. The van der Waals surface area contributed by atoms with Crippen LogP contribution < -0.4 is 14.2 Å². The van der Waals surface area contributed by atoms with Crippen molar-refractivity contribution in [3.05, 3.63) is 77.1 Å². The van der Waals surface area contributed by atoms with Crippen LogP contribution in [0, 0.1) is 0 Å². The smallest absolute Gasteiger partial charge is 0.267 e. The number of benzene rings is 2. The molecule has 0 atom stereocenters. The van der Waals surface area contributed by atoms with Gasteiger partial charge in [-0.05, 0) is 55.1 Å². The van der Waals surface area contributed by atoms with Gasteiger partial charge in [-0.3, -0.25) is 9.69 Å². The summed E-state index contributed by atoms with van der Waals surface area (Å²) in [5.74, 6) is 2.41. The fraction of sp³-hybridized carbons (Fsp3) is 0.167. The third-order valence-corrected chi connectivity index (χ3v) is 5.86. The Hall–Kier alpha value is -3.65. The number of amidine groups is 1. The zero-order valence-corrected chi connectivity index (χ0v) is 18.1. The van der Waals surface area contributed by atoms with Gasteiger partial charge < -0.3 is 18.6 Å². The molecule has 162 valence electrons. The number of ether oxygens (including phenoxy) is 3. The average Bonchev–Trinajstić information content (AvgIpc) is 3.53. The summed E-state index contributed by atoms with van der Waals surface area (Å²) < 4.78 is 22.2. The quantitative estimate of drug-likeness (QED) is 0.482. The van der Waals surface area contributed by atoms with Gasteiger partial charge in [-0.15, -0.1) is 0 Å². The third kappa shape index (κ3) is 4.09. The summed E-state index contributed by atoms with van der Waals surface area (Å²) in [5, 5.41) is 0.586. The molecule has 0 saturated carbocycles. The van der Waals surface area contributed by atoms with E-state index in [9.17, 15) is 4.79 Å². The number of furan rings is 1. The van der Waals surface area contributed by atoms with Gasteiger partial charge in [0, 0.05) is 11.6 Å². The molecule has 3 aromatic rings. The van der Waals surface area contributed by atoms with E-state index in [1.54, 1.807) is 23.3 Å². The standard InChI is InChI=1S/C24H20N2O5S/c1-2-28-19-13-21-20(30-15-31-21)11-16(19)12-22-23(27)26(14-18-9-6-10-29-18)24(32-22)25-17-7-4-3-5-8-17/h3-13H,2,14-15H2,1H3/b22-12+,25-24?. The van der Waals surface area contributed by atoms with Crippen molar-refractivity contribution in [1.29, 1.82) is 0 Å². The lowest BCUT2D eigenvalue weighted by Crippen LogP contribution is -2.28. The van der Waals surface area contributed by atoms with Gasteiger partial charge in [0.05, 0.1) is 30.0 Å². The summed E-state index contributed by atoms with van der Waals surface area (Å²) in [6.45, 7) is 2.86. The second kappa shape index (κ2) is 8.84. The van der Waals surface area contributed by atoms with Gasteiger partial charge in [-0.1, -0.05) is 18.2 Å². The molecule has 0 unspecified atom stereocenters. The molecule has 0 N–H and O–H groups in total. The summed E-state index contributed by atoms with van der Waals surface area (Å²) in [7, 11) is 0. The highest BCUT2D eigenvalue weighted by atomic mass is 32.2. The zero-order valence-electron chi connectivity index (χ0n) is 17.3. The highest BCUT2D eigenvalue weighted by Gasteiger charge is 2.34. The minimum Gasteiger partial charge on any atom is -0.493 e. The molecule has 3 heterocycles. The Labute approximate surface area is 189 Å². The van der Waals surface area contributed by atoms with E-state index in [1.165, 1.54) is 11.8 Å². The van der Waals surface area contributed by atoms with E-state index in [1.807, 2.05) is 55.5 Å². The number of carbonyl (C=O) groups excluding carboxylic acids is 1. The maximum atomic E-state index is 13.4. The molecule has 7 nitrogen and oxygen atoms in total. The van der Waals surface area contributed by atoms with E-state index >= 15 is 0 Å². The van der Waals surface area contributed by atoms with E-state index in [0.29, 0.717) is 46.2 Å². The summed E-state index contributed by atoms with van der Waals surface area (Å²) in [5.41, 5.74) is 1.51. The number of fused-ring (bicyclic) bond motifs is 1. The normalized spacial score (nSPS) is 17.5. The summed E-state index contributed by atoms with van der Waals surface area (Å²) in [6, 6.07) is 16.8. The molecule has 32 heavy (non-hydrogen) atoms. The van der Waals surface area contributed by atoms with Crippen LogP contribution in [0.1, 0.15) is 18.2 Å². The van der Waals surface area contributed by atoms with Crippen molar-refractivity contribution >= 4 is 34.6 Å². The molecule has 1 fully saturated rings. The van der Waals surface area contributed by atoms with E-state index in [4.69, 9.17) is 23.6 Å². The van der Waals surface area contributed by atoms with Gasteiger partial charge in [-0.2, -0.15) is 0 Å². The van der Waals surface area contributed by atoms with Crippen molar-refractivity contribution in [2.75, 3.05) is 13.4 Å². The van der Waals surface area contributed by atoms with Crippen molar-refractivity contribution in [2.24, 2.45) is 4.99 Å². The molecule has 2 aliphatic heterocycles. The average molecular weight is 449 g/mol. The number of hydrogen-bond acceptors (Lipinski definition) is 7. The molecule has 0 aliphatic carbocycles. The van der Waals surface area contributed by atoms with E-state index < -0.39 is 0 Å². The molecule has 1 aromatic heterocycles. The Balaban J connectivity index is 1.53. The van der Waals surface area contributed by atoms with Crippen molar-refractivity contribution in [3.8, 4) is 17.2 Å². The first-order chi connectivity index (χ1) is 15.7. The van der Waals surface area contributed by atoms with Crippen LogP contribution in [0.3, 0.4) is 0 Å². The van der Waals surface area contributed by atoms with Crippen LogP contribution in [0.2, 0.25) is 0 Å². The predicted octanol–water partition coefficient (Wildman–Crippen LogP) is 5.21. The fourth-order valence-corrected chi connectivity index (χ4v) is 4.36. The molecule has 1 saturated heterocycles. The van der Waals surface area contributed by atoms with Crippen molar-refractivity contribution in [2.45, 2.75) is 13.5 Å². The van der Waals surface area contributed by atoms with Crippen molar-refractivity contribution in [3.63, 3.8) is 0 Å². The molecule has 2 aromatic carbocycles. The highest BCUT2D eigenvalue weighted by Crippen LogP contribution is 2.41. The van der Waals surface area contributed by atoms with Gasteiger partial charge in [0.1, 0.15) is 11.5 Å². The molecular weight excluding hydrogens is 428 g/mol. The Morgan fingerprint density at radius 3 is 2.69 bits per heavy atom. The number of nitrogens with zero attached hydrogens (tertiary/aromatic N) is 2.